The molecule has 1 unspecified atom stereocenters. The molecule has 0 amide bonds. The first-order valence-electron chi connectivity index (χ1n) is 6.67. The van der Waals surface area contributed by atoms with Crippen molar-refractivity contribution in [3.8, 4) is 12.3 Å². The van der Waals surface area contributed by atoms with Crippen LogP contribution in [0.4, 0.5) is 8.78 Å². The van der Waals surface area contributed by atoms with Crippen LogP contribution in [0.5, 0.6) is 0 Å². The monoisotopic (exact) mass is 364 g/mol. The Kier molecular flexibility index (Phi) is 4.69. The summed E-state index contributed by atoms with van der Waals surface area (Å²) in [5.74, 6) is -1.13. The lowest BCUT2D eigenvalue weighted by atomic mass is 9.90. The van der Waals surface area contributed by atoms with Gasteiger partial charge in [0.25, 0.3) is 5.92 Å². The molecule has 0 aromatic heterocycles. The predicted molar refractivity (Wildman–Crippen MR) is 86.8 cm³/mol. The maximum Gasteiger partial charge on any atom is 0.298 e. The van der Waals surface area contributed by atoms with E-state index in [-0.39, 0.29) is 16.7 Å². The summed E-state index contributed by atoms with van der Waals surface area (Å²) in [5, 5.41) is 9.90. The van der Waals surface area contributed by atoms with Crippen molar-refractivity contribution >= 4 is 15.9 Å². The SMILES string of the molecule is C#CC(O)c1cc(C)c(C)cc1C(F)(F)c1ccc(Br)cc1. The maximum atomic E-state index is 14.9. The number of hydrogen-bond acceptors (Lipinski definition) is 1. The van der Waals surface area contributed by atoms with E-state index in [2.05, 4.69) is 21.9 Å². The summed E-state index contributed by atoms with van der Waals surface area (Å²) in [5.41, 5.74) is 1.19. The lowest BCUT2D eigenvalue weighted by molar-refractivity contribution is 0.0397. The van der Waals surface area contributed by atoms with E-state index in [1.54, 1.807) is 26.0 Å². The van der Waals surface area contributed by atoms with E-state index < -0.39 is 12.0 Å². The Labute approximate surface area is 137 Å². The zero-order valence-electron chi connectivity index (χ0n) is 12.2. The van der Waals surface area contributed by atoms with E-state index >= 15 is 0 Å². The van der Waals surface area contributed by atoms with Crippen LogP contribution >= 0.6 is 15.9 Å². The first kappa shape index (κ1) is 16.7. The molecule has 2 aromatic rings. The molecule has 0 bridgehead atoms. The number of aliphatic hydroxyl groups is 1. The van der Waals surface area contributed by atoms with Crippen LogP contribution in [0, 0.1) is 26.2 Å². The molecule has 0 heterocycles. The van der Waals surface area contributed by atoms with Gasteiger partial charge >= 0.3 is 0 Å². The van der Waals surface area contributed by atoms with Gasteiger partial charge in [0.1, 0.15) is 6.10 Å². The van der Waals surface area contributed by atoms with E-state index in [0.717, 1.165) is 15.6 Å². The summed E-state index contributed by atoms with van der Waals surface area (Å²) in [6.07, 6.45) is 3.85. The Morgan fingerprint density at radius 3 is 2.23 bits per heavy atom. The molecule has 0 aliphatic carbocycles. The van der Waals surface area contributed by atoms with Crippen molar-refractivity contribution in [3.63, 3.8) is 0 Å². The molecule has 1 nitrogen and oxygen atoms in total. The van der Waals surface area contributed by atoms with Crippen molar-refractivity contribution < 1.29 is 13.9 Å². The second-order valence-corrected chi connectivity index (χ2v) is 6.09. The molecule has 0 aliphatic rings. The largest absolute Gasteiger partial charge is 0.376 e. The smallest absolute Gasteiger partial charge is 0.298 e. The fraction of sp³-hybridized carbons (Fsp3) is 0.222. The van der Waals surface area contributed by atoms with Crippen LogP contribution < -0.4 is 0 Å². The van der Waals surface area contributed by atoms with Crippen LogP contribution in [0.2, 0.25) is 0 Å². The van der Waals surface area contributed by atoms with Gasteiger partial charge in [-0.25, -0.2) is 0 Å². The summed E-state index contributed by atoms with van der Waals surface area (Å²) >= 11 is 3.23. The van der Waals surface area contributed by atoms with Gasteiger partial charge in [0.05, 0.1) is 0 Å². The van der Waals surface area contributed by atoms with E-state index in [1.165, 1.54) is 24.3 Å². The van der Waals surface area contributed by atoms with E-state index in [0.29, 0.717) is 0 Å². The van der Waals surface area contributed by atoms with E-state index in [4.69, 9.17) is 6.42 Å². The van der Waals surface area contributed by atoms with E-state index in [1.807, 2.05) is 0 Å². The van der Waals surface area contributed by atoms with Gasteiger partial charge in [-0.1, -0.05) is 40.0 Å². The van der Waals surface area contributed by atoms with Gasteiger partial charge in [-0.3, -0.25) is 0 Å². The number of hydrogen-bond donors (Lipinski definition) is 1. The Bertz CT molecular complexity index is 730. The molecular weight excluding hydrogens is 350 g/mol. The highest BCUT2D eigenvalue weighted by atomic mass is 79.9. The normalized spacial score (nSPS) is 12.8. The average Bonchev–Trinajstić information content (AvgIpc) is 2.49. The highest BCUT2D eigenvalue weighted by molar-refractivity contribution is 9.10. The highest BCUT2D eigenvalue weighted by Crippen LogP contribution is 2.40. The molecule has 0 saturated carbocycles. The maximum absolute atomic E-state index is 14.9. The number of aliphatic hydroxyl groups excluding tert-OH is 1. The third-order valence-electron chi connectivity index (χ3n) is 3.66. The highest BCUT2D eigenvalue weighted by Gasteiger charge is 2.37. The molecule has 2 rings (SSSR count). The molecule has 0 fully saturated rings. The van der Waals surface area contributed by atoms with Gasteiger partial charge in [0.2, 0.25) is 0 Å². The molecule has 0 spiro atoms. The molecule has 2 aromatic carbocycles. The fourth-order valence-electron chi connectivity index (χ4n) is 2.24. The molecule has 0 radical (unpaired) electrons. The van der Waals surface area contributed by atoms with Crippen molar-refractivity contribution in [2.24, 2.45) is 0 Å². The molecule has 0 aliphatic heterocycles. The van der Waals surface area contributed by atoms with Crippen molar-refractivity contribution in [1.82, 2.24) is 0 Å². The lowest BCUT2D eigenvalue weighted by Crippen LogP contribution is -2.19. The number of alkyl halides is 2. The molecule has 1 N–H and O–H groups in total. The summed E-state index contributed by atoms with van der Waals surface area (Å²) in [6, 6.07) is 8.75. The Balaban J connectivity index is 2.66. The van der Waals surface area contributed by atoms with Gasteiger partial charge in [0.15, 0.2) is 0 Å². The minimum Gasteiger partial charge on any atom is -0.376 e. The molecule has 114 valence electrons. The van der Waals surface area contributed by atoms with Crippen LogP contribution in [-0.4, -0.2) is 5.11 Å². The third kappa shape index (κ3) is 3.06. The van der Waals surface area contributed by atoms with Gasteiger partial charge in [-0.15, -0.1) is 6.42 Å². The van der Waals surface area contributed by atoms with Crippen molar-refractivity contribution in [3.05, 3.63) is 68.7 Å². The van der Waals surface area contributed by atoms with Gasteiger partial charge in [-0.2, -0.15) is 8.78 Å². The number of terminal acetylenes is 1. The first-order valence-corrected chi connectivity index (χ1v) is 7.46. The molecular formula is C18H15BrF2O. The summed E-state index contributed by atoms with van der Waals surface area (Å²) in [6.45, 7) is 3.55. The molecule has 0 saturated heterocycles. The zero-order valence-corrected chi connectivity index (χ0v) is 13.8. The van der Waals surface area contributed by atoms with Crippen molar-refractivity contribution in [2.75, 3.05) is 0 Å². The van der Waals surface area contributed by atoms with Crippen LogP contribution in [0.25, 0.3) is 0 Å². The summed E-state index contributed by atoms with van der Waals surface area (Å²) in [4.78, 5) is 0. The molecule has 1 atom stereocenters. The first-order chi connectivity index (χ1) is 10.3. The van der Waals surface area contributed by atoms with Crippen LogP contribution in [0.3, 0.4) is 0 Å². The zero-order chi connectivity index (χ0) is 16.5. The van der Waals surface area contributed by atoms with Crippen molar-refractivity contribution in [1.29, 1.82) is 0 Å². The number of halogens is 3. The van der Waals surface area contributed by atoms with Gasteiger partial charge in [0, 0.05) is 21.2 Å². The topological polar surface area (TPSA) is 20.2 Å². The third-order valence-corrected chi connectivity index (χ3v) is 4.19. The molecule has 4 heteroatoms. The Hall–Kier alpha value is -1.70. The van der Waals surface area contributed by atoms with E-state index in [9.17, 15) is 13.9 Å². The Morgan fingerprint density at radius 1 is 1.14 bits per heavy atom. The number of aryl methyl sites for hydroxylation is 2. The lowest BCUT2D eigenvalue weighted by Gasteiger charge is -2.23. The van der Waals surface area contributed by atoms with Crippen LogP contribution in [-0.2, 0) is 5.92 Å². The summed E-state index contributed by atoms with van der Waals surface area (Å²) in [7, 11) is 0. The number of rotatable bonds is 3. The standard InChI is InChI=1S/C18H15BrF2O/c1-4-17(22)15-9-11(2)12(3)10-16(15)18(20,21)13-5-7-14(19)8-6-13/h1,5-10,17,22H,2-3H3. The Morgan fingerprint density at radius 2 is 1.68 bits per heavy atom. The van der Waals surface area contributed by atoms with Gasteiger partial charge < -0.3 is 5.11 Å². The average molecular weight is 365 g/mol. The minimum atomic E-state index is -3.24. The second-order valence-electron chi connectivity index (χ2n) is 5.17. The predicted octanol–water partition coefficient (Wildman–Crippen LogP) is 4.87. The minimum absolute atomic E-state index is 0.0681. The second kappa shape index (κ2) is 6.20. The van der Waals surface area contributed by atoms with Crippen molar-refractivity contribution in [2.45, 2.75) is 25.9 Å². The van der Waals surface area contributed by atoms with Crippen LogP contribution in [0.1, 0.15) is 33.9 Å². The van der Waals surface area contributed by atoms with Crippen LogP contribution in [0.15, 0.2) is 40.9 Å². The fourth-order valence-corrected chi connectivity index (χ4v) is 2.51. The summed E-state index contributed by atoms with van der Waals surface area (Å²) < 4.78 is 30.5. The molecule has 22 heavy (non-hydrogen) atoms. The number of benzene rings is 2. The van der Waals surface area contributed by atoms with Gasteiger partial charge in [-0.05, 0) is 43.2 Å². The quantitative estimate of drug-likeness (QED) is 0.770.